The number of rotatable bonds is 4. The van der Waals surface area contributed by atoms with Crippen molar-refractivity contribution in [1.29, 1.82) is 0 Å². The first-order valence-electron chi connectivity index (χ1n) is 5.69. The average Bonchev–Trinajstić information content (AvgIpc) is 2.36. The second-order valence-corrected chi connectivity index (χ2v) is 3.77. The molecule has 0 aliphatic rings. The van der Waals surface area contributed by atoms with Crippen molar-refractivity contribution in [2.75, 3.05) is 14.2 Å². The van der Waals surface area contributed by atoms with E-state index in [0.29, 0.717) is 0 Å². The molecule has 17 heavy (non-hydrogen) atoms. The SMILES string of the molecule is CCCC(N)C#Cc1cc(OC)cc(OC)c1. The number of hydrogen-bond acceptors (Lipinski definition) is 3. The third-order valence-electron chi connectivity index (χ3n) is 2.35. The molecule has 0 saturated carbocycles. The largest absolute Gasteiger partial charge is 0.497 e. The standard InChI is InChI=1S/C14H19NO2/c1-4-5-12(15)7-6-11-8-13(16-2)10-14(9-11)17-3/h8-10,12H,4-5,15H2,1-3H3. The van der Waals surface area contributed by atoms with E-state index < -0.39 is 0 Å². The molecule has 0 bridgehead atoms. The lowest BCUT2D eigenvalue weighted by Gasteiger charge is -2.05. The van der Waals surface area contributed by atoms with Gasteiger partial charge in [-0.05, 0) is 18.6 Å². The summed E-state index contributed by atoms with van der Waals surface area (Å²) >= 11 is 0. The predicted molar refractivity (Wildman–Crippen MR) is 69.3 cm³/mol. The van der Waals surface area contributed by atoms with E-state index in [2.05, 4.69) is 18.8 Å². The van der Waals surface area contributed by atoms with Crippen LogP contribution in [0.4, 0.5) is 0 Å². The van der Waals surface area contributed by atoms with Gasteiger partial charge in [-0.3, -0.25) is 0 Å². The lowest BCUT2D eigenvalue weighted by Crippen LogP contribution is -2.16. The molecule has 0 aliphatic heterocycles. The van der Waals surface area contributed by atoms with Crippen LogP contribution in [-0.2, 0) is 0 Å². The van der Waals surface area contributed by atoms with Gasteiger partial charge in [-0.2, -0.15) is 0 Å². The summed E-state index contributed by atoms with van der Waals surface area (Å²) in [6, 6.07) is 5.48. The second kappa shape index (κ2) is 6.82. The molecule has 3 nitrogen and oxygen atoms in total. The summed E-state index contributed by atoms with van der Waals surface area (Å²) in [4.78, 5) is 0. The zero-order chi connectivity index (χ0) is 12.7. The maximum absolute atomic E-state index is 5.84. The monoisotopic (exact) mass is 233 g/mol. The highest BCUT2D eigenvalue weighted by molar-refractivity contribution is 5.46. The summed E-state index contributed by atoms with van der Waals surface area (Å²) in [5, 5.41) is 0. The Morgan fingerprint density at radius 1 is 1.18 bits per heavy atom. The Morgan fingerprint density at radius 2 is 1.76 bits per heavy atom. The van der Waals surface area contributed by atoms with Gasteiger partial charge in [0.25, 0.3) is 0 Å². The van der Waals surface area contributed by atoms with E-state index >= 15 is 0 Å². The van der Waals surface area contributed by atoms with Gasteiger partial charge in [0.2, 0.25) is 0 Å². The van der Waals surface area contributed by atoms with Crippen LogP contribution in [0.2, 0.25) is 0 Å². The zero-order valence-corrected chi connectivity index (χ0v) is 10.6. The molecule has 0 aromatic heterocycles. The molecule has 92 valence electrons. The fraction of sp³-hybridized carbons (Fsp3) is 0.429. The second-order valence-electron chi connectivity index (χ2n) is 3.77. The number of benzene rings is 1. The van der Waals surface area contributed by atoms with E-state index in [9.17, 15) is 0 Å². The minimum Gasteiger partial charge on any atom is -0.497 e. The molecule has 0 fully saturated rings. The molecule has 1 aromatic rings. The van der Waals surface area contributed by atoms with Crippen LogP contribution in [-0.4, -0.2) is 20.3 Å². The Hall–Kier alpha value is -1.66. The van der Waals surface area contributed by atoms with Crippen LogP contribution in [0.25, 0.3) is 0 Å². The number of ether oxygens (including phenoxy) is 2. The molecular weight excluding hydrogens is 214 g/mol. The molecule has 1 rings (SSSR count). The fourth-order valence-corrected chi connectivity index (χ4v) is 1.44. The molecule has 0 heterocycles. The Kier molecular flexibility index (Phi) is 5.38. The number of methoxy groups -OCH3 is 2. The molecule has 2 N–H and O–H groups in total. The van der Waals surface area contributed by atoms with Gasteiger partial charge in [-0.1, -0.05) is 25.2 Å². The highest BCUT2D eigenvalue weighted by atomic mass is 16.5. The van der Waals surface area contributed by atoms with Crippen LogP contribution in [0.1, 0.15) is 25.3 Å². The number of nitrogens with two attached hydrogens (primary N) is 1. The van der Waals surface area contributed by atoms with Crippen molar-refractivity contribution < 1.29 is 9.47 Å². The maximum Gasteiger partial charge on any atom is 0.123 e. The molecule has 1 unspecified atom stereocenters. The Labute approximate surface area is 103 Å². The van der Waals surface area contributed by atoms with Crippen molar-refractivity contribution in [3.63, 3.8) is 0 Å². The Morgan fingerprint density at radius 3 is 2.24 bits per heavy atom. The van der Waals surface area contributed by atoms with E-state index in [4.69, 9.17) is 15.2 Å². The molecule has 0 aliphatic carbocycles. The van der Waals surface area contributed by atoms with Crippen molar-refractivity contribution in [3.05, 3.63) is 23.8 Å². The highest BCUT2D eigenvalue weighted by Crippen LogP contribution is 2.21. The van der Waals surface area contributed by atoms with Crippen LogP contribution in [0.3, 0.4) is 0 Å². The summed E-state index contributed by atoms with van der Waals surface area (Å²) in [7, 11) is 3.24. The van der Waals surface area contributed by atoms with E-state index in [-0.39, 0.29) is 6.04 Å². The van der Waals surface area contributed by atoms with Gasteiger partial charge in [0.15, 0.2) is 0 Å². The summed E-state index contributed by atoms with van der Waals surface area (Å²) < 4.78 is 10.3. The van der Waals surface area contributed by atoms with Crippen LogP contribution in [0.15, 0.2) is 18.2 Å². The van der Waals surface area contributed by atoms with Gasteiger partial charge < -0.3 is 15.2 Å². The Balaban J connectivity index is 2.89. The average molecular weight is 233 g/mol. The highest BCUT2D eigenvalue weighted by Gasteiger charge is 2.00. The first-order valence-corrected chi connectivity index (χ1v) is 5.69. The van der Waals surface area contributed by atoms with Gasteiger partial charge in [-0.15, -0.1) is 0 Å². The molecule has 0 spiro atoms. The van der Waals surface area contributed by atoms with Crippen molar-refractivity contribution in [1.82, 2.24) is 0 Å². The van der Waals surface area contributed by atoms with Crippen LogP contribution in [0, 0.1) is 11.8 Å². The van der Waals surface area contributed by atoms with Crippen molar-refractivity contribution in [3.8, 4) is 23.3 Å². The molecule has 0 radical (unpaired) electrons. The summed E-state index contributed by atoms with van der Waals surface area (Å²) in [5.41, 5.74) is 6.69. The topological polar surface area (TPSA) is 44.5 Å². The summed E-state index contributed by atoms with van der Waals surface area (Å²) in [6.45, 7) is 2.09. The normalized spacial score (nSPS) is 11.3. The fourth-order valence-electron chi connectivity index (χ4n) is 1.44. The van der Waals surface area contributed by atoms with Crippen molar-refractivity contribution in [2.24, 2.45) is 5.73 Å². The smallest absolute Gasteiger partial charge is 0.123 e. The summed E-state index contributed by atoms with van der Waals surface area (Å²) in [5.74, 6) is 7.53. The van der Waals surface area contributed by atoms with Gasteiger partial charge in [0.1, 0.15) is 11.5 Å². The first kappa shape index (κ1) is 13.4. The van der Waals surface area contributed by atoms with Gasteiger partial charge in [-0.25, -0.2) is 0 Å². The van der Waals surface area contributed by atoms with Crippen LogP contribution >= 0.6 is 0 Å². The molecule has 1 atom stereocenters. The van der Waals surface area contributed by atoms with Crippen LogP contribution in [0.5, 0.6) is 11.5 Å². The van der Waals surface area contributed by atoms with Gasteiger partial charge >= 0.3 is 0 Å². The molecule has 3 heteroatoms. The molecule has 0 saturated heterocycles. The Bertz CT molecular complexity index is 396. The zero-order valence-electron chi connectivity index (χ0n) is 10.6. The lowest BCUT2D eigenvalue weighted by atomic mass is 10.1. The first-order chi connectivity index (χ1) is 8.19. The third kappa shape index (κ3) is 4.38. The van der Waals surface area contributed by atoms with Crippen LogP contribution < -0.4 is 15.2 Å². The van der Waals surface area contributed by atoms with E-state index in [1.807, 2.05) is 18.2 Å². The predicted octanol–water partition coefficient (Wildman–Crippen LogP) is 2.18. The minimum absolute atomic E-state index is 0.0720. The molecule has 1 aromatic carbocycles. The van der Waals surface area contributed by atoms with Gasteiger partial charge in [0.05, 0.1) is 20.3 Å². The number of hydrogen-bond donors (Lipinski definition) is 1. The molecule has 0 amide bonds. The third-order valence-corrected chi connectivity index (χ3v) is 2.35. The van der Waals surface area contributed by atoms with Crippen molar-refractivity contribution >= 4 is 0 Å². The van der Waals surface area contributed by atoms with Crippen molar-refractivity contribution in [2.45, 2.75) is 25.8 Å². The van der Waals surface area contributed by atoms with E-state index in [0.717, 1.165) is 29.9 Å². The summed E-state index contributed by atoms with van der Waals surface area (Å²) in [6.07, 6.45) is 1.95. The lowest BCUT2D eigenvalue weighted by molar-refractivity contribution is 0.394. The maximum atomic E-state index is 5.84. The molecular formula is C14H19NO2. The van der Waals surface area contributed by atoms with Gasteiger partial charge in [0, 0.05) is 11.6 Å². The minimum atomic E-state index is -0.0720. The quantitative estimate of drug-likeness (QED) is 0.811. The van der Waals surface area contributed by atoms with E-state index in [1.165, 1.54) is 0 Å². The van der Waals surface area contributed by atoms with E-state index in [1.54, 1.807) is 14.2 Å².